The molecule has 0 saturated heterocycles. The Hall–Kier alpha value is -2.69. The molecule has 5 heteroatoms. The minimum absolute atomic E-state index is 0.0781. The van der Waals surface area contributed by atoms with E-state index in [1.807, 2.05) is 0 Å². The Balaban J connectivity index is 2.53. The highest BCUT2D eigenvalue weighted by molar-refractivity contribution is 6.12. The molecule has 0 saturated carbocycles. The van der Waals surface area contributed by atoms with Gasteiger partial charge in [0.05, 0.1) is 25.3 Å². The first kappa shape index (κ1) is 13.7. The highest BCUT2D eigenvalue weighted by Crippen LogP contribution is 2.34. The number of phenols is 2. The molecule has 0 amide bonds. The van der Waals surface area contributed by atoms with Crippen LogP contribution in [0.15, 0.2) is 36.4 Å². The summed E-state index contributed by atoms with van der Waals surface area (Å²) in [7, 11) is 2.91. The van der Waals surface area contributed by atoms with E-state index in [0.717, 1.165) is 6.07 Å². The number of carbonyl (C=O) groups excluding carboxylic acids is 1. The van der Waals surface area contributed by atoms with Crippen LogP contribution >= 0.6 is 0 Å². The van der Waals surface area contributed by atoms with Crippen LogP contribution in [0.5, 0.6) is 23.0 Å². The first-order valence-corrected chi connectivity index (χ1v) is 5.86. The van der Waals surface area contributed by atoms with E-state index in [4.69, 9.17) is 9.47 Å². The summed E-state index contributed by atoms with van der Waals surface area (Å²) in [6.45, 7) is 0. The molecule has 104 valence electrons. The molecule has 0 aliphatic heterocycles. The van der Waals surface area contributed by atoms with Gasteiger partial charge < -0.3 is 19.7 Å². The zero-order valence-corrected chi connectivity index (χ0v) is 11.1. The molecule has 20 heavy (non-hydrogen) atoms. The van der Waals surface area contributed by atoms with Crippen molar-refractivity contribution in [1.82, 2.24) is 0 Å². The maximum atomic E-state index is 12.4. The van der Waals surface area contributed by atoms with Gasteiger partial charge in [-0.15, -0.1) is 0 Å². The molecule has 0 aliphatic carbocycles. The Morgan fingerprint density at radius 1 is 1.00 bits per heavy atom. The second-order valence-corrected chi connectivity index (χ2v) is 4.07. The molecule has 0 aromatic heterocycles. The lowest BCUT2D eigenvalue weighted by atomic mass is 10.0. The molecule has 0 unspecified atom stereocenters. The van der Waals surface area contributed by atoms with E-state index in [-0.39, 0.29) is 22.6 Å². The van der Waals surface area contributed by atoms with Crippen molar-refractivity contribution in [1.29, 1.82) is 0 Å². The van der Waals surface area contributed by atoms with Crippen LogP contribution in [0.1, 0.15) is 15.9 Å². The third-order valence-corrected chi connectivity index (χ3v) is 2.87. The fourth-order valence-corrected chi connectivity index (χ4v) is 1.92. The Bertz CT molecular complexity index is 649. The van der Waals surface area contributed by atoms with Gasteiger partial charge in [-0.2, -0.15) is 0 Å². The average molecular weight is 274 g/mol. The third-order valence-electron chi connectivity index (χ3n) is 2.87. The lowest BCUT2D eigenvalue weighted by Crippen LogP contribution is -2.05. The van der Waals surface area contributed by atoms with Crippen LogP contribution in [0.3, 0.4) is 0 Å². The zero-order chi connectivity index (χ0) is 14.7. The average Bonchev–Trinajstić information content (AvgIpc) is 2.45. The van der Waals surface area contributed by atoms with Crippen LogP contribution in [-0.2, 0) is 0 Å². The van der Waals surface area contributed by atoms with Gasteiger partial charge in [-0.25, -0.2) is 0 Å². The highest BCUT2D eigenvalue weighted by Gasteiger charge is 2.20. The Morgan fingerprint density at radius 2 is 1.75 bits per heavy atom. The number of hydrogen-bond acceptors (Lipinski definition) is 5. The summed E-state index contributed by atoms with van der Waals surface area (Å²) in [5.41, 5.74) is 0.349. The largest absolute Gasteiger partial charge is 0.508 e. The van der Waals surface area contributed by atoms with E-state index in [0.29, 0.717) is 11.5 Å². The standard InChI is InChI=1S/C15H14O5/c1-19-13-5-3-4-11(15(13)20-2)14(18)10-7-6-9(16)8-12(10)17/h3-8,16-17H,1-2H3. The summed E-state index contributed by atoms with van der Waals surface area (Å²) in [5, 5.41) is 19.0. The van der Waals surface area contributed by atoms with Crippen molar-refractivity contribution in [3.8, 4) is 23.0 Å². The summed E-state index contributed by atoms with van der Waals surface area (Å²) in [5.74, 6) is -0.0983. The fourth-order valence-electron chi connectivity index (χ4n) is 1.92. The molecule has 0 heterocycles. The number of carbonyl (C=O) groups is 1. The van der Waals surface area contributed by atoms with Crippen molar-refractivity contribution in [3.05, 3.63) is 47.5 Å². The van der Waals surface area contributed by atoms with Crippen LogP contribution in [0, 0.1) is 0 Å². The summed E-state index contributed by atoms with van der Waals surface area (Å²) >= 11 is 0. The van der Waals surface area contributed by atoms with E-state index in [9.17, 15) is 15.0 Å². The first-order valence-electron chi connectivity index (χ1n) is 5.86. The number of benzene rings is 2. The van der Waals surface area contributed by atoms with Gasteiger partial charge in [0.1, 0.15) is 11.5 Å². The molecule has 2 aromatic carbocycles. The SMILES string of the molecule is COc1cccc(C(=O)c2ccc(O)cc2O)c1OC. The Morgan fingerprint density at radius 3 is 2.35 bits per heavy atom. The number of methoxy groups -OCH3 is 2. The molecule has 2 rings (SSSR count). The smallest absolute Gasteiger partial charge is 0.200 e. The second kappa shape index (κ2) is 5.52. The number of phenolic OH excluding ortho intramolecular Hbond substituents is 2. The van der Waals surface area contributed by atoms with Crippen LogP contribution < -0.4 is 9.47 Å². The number of para-hydroxylation sites is 1. The first-order chi connectivity index (χ1) is 9.58. The topological polar surface area (TPSA) is 76.0 Å². The molecule has 0 fully saturated rings. The molecule has 2 N–H and O–H groups in total. The molecule has 0 spiro atoms. The summed E-state index contributed by atoms with van der Waals surface area (Å²) in [6, 6.07) is 8.71. The normalized spacial score (nSPS) is 10.1. The molecule has 0 bridgehead atoms. The summed E-state index contributed by atoms with van der Waals surface area (Å²) in [6.07, 6.45) is 0. The third kappa shape index (κ3) is 2.38. The highest BCUT2D eigenvalue weighted by atomic mass is 16.5. The maximum Gasteiger partial charge on any atom is 0.200 e. The monoisotopic (exact) mass is 274 g/mol. The van der Waals surface area contributed by atoms with E-state index in [1.54, 1.807) is 18.2 Å². The molecular weight excluding hydrogens is 260 g/mol. The van der Waals surface area contributed by atoms with Gasteiger partial charge >= 0.3 is 0 Å². The molecule has 2 aromatic rings. The van der Waals surface area contributed by atoms with Crippen molar-refractivity contribution in [3.63, 3.8) is 0 Å². The predicted molar refractivity (Wildman–Crippen MR) is 72.8 cm³/mol. The fraction of sp³-hybridized carbons (Fsp3) is 0.133. The van der Waals surface area contributed by atoms with Crippen LogP contribution in [0.25, 0.3) is 0 Å². The Kier molecular flexibility index (Phi) is 3.79. The molecular formula is C15H14O5. The predicted octanol–water partition coefficient (Wildman–Crippen LogP) is 2.35. The minimum atomic E-state index is -0.418. The van der Waals surface area contributed by atoms with E-state index >= 15 is 0 Å². The van der Waals surface area contributed by atoms with Crippen LogP contribution in [0.4, 0.5) is 0 Å². The van der Waals surface area contributed by atoms with Gasteiger partial charge in [0, 0.05) is 6.07 Å². The van der Waals surface area contributed by atoms with Gasteiger partial charge in [-0.3, -0.25) is 4.79 Å². The van der Waals surface area contributed by atoms with Gasteiger partial charge in [0.2, 0.25) is 5.78 Å². The lowest BCUT2D eigenvalue weighted by molar-refractivity contribution is 0.103. The van der Waals surface area contributed by atoms with Gasteiger partial charge in [-0.1, -0.05) is 6.07 Å². The maximum absolute atomic E-state index is 12.4. The zero-order valence-electron chi connectivity index (χ0n) is 11.1. The number of ketones is 1. The van der Waals surface area contributed by atoms with E-state index in [2.05, 4.69) is 0 Å². The van der Waals surface area contributed by atoms with Gasteiger partial charge in [0.15, 0.2) is 11.5 Å². The van der Waals surface area contributed by atoms with E-state index < -0.39 is 5.78 Å². The number of rotatable bonds is 4. The number of ether oxygens (including phenoxy) is 2. The molecule has 0 radical (unpaired) electrons. The second-order valence-electron chi connectivity index (χ2n) is 4.07. The van der Waals surface area contributed by atoms with Crippen molar-refractivity contribution >= 4 is 5.78 Å². The van der Waals surface area contributed by atoms with Gasteiger partial charge in [-0.05, 0) is 24.3 Å². The van der Waals surface area contributed by atoms with E-state index in [1.165, 1.54) is 26.4 Å². The molecule has 5 nitrogen and oxygen atoms in total. The number of hydrogen-bond donors (Lipinski definition) is 2. The lowest BCUT2D eigenvalue weighted by Gasteiger charge is -2.12. The summed E-state index contributed by atoms with van der Waals surface area (Å²) in [4.78, 5) is 12.4. The van der Waals surface area contributed by atoms with Crippen LogP contribution in [0.2, 0.25) is 0 Å². The number of aromatic hydroxyl groups is 2. The van der Waals surface area contributed by atoms with Crippen LogP contribution in [-0.4, -0.2) is 30.2 Å². The van der Waals surface area contributed by atoms with Crippen molar-refractivity contribution in [2.24, 2.45) is 0 Å². The quantitative estimate of drug-likeness (QED) is 0.837. The molecule has 0 atom stereocenters. The van der Waals surface area contributed by atoms with Crippen molar-refractivity contribution in [2.75, 3.05) is 14.2 Å². The van der Waals surface area contributed by atoms with Gasteiger partial charge in [0.25, 0.3) is 0 Å². The summed E-state index contributed by atoms with van der Waals surface area (Å²) < 4.78 is 10.3. The Labute approximate surface area is 116 Å². The van der Waals surface area contributed by atoms with Crippen molar-refractivity contribution in [2.45, 2.75) is 0 Å². The minimum Gasteiger partial charge on any atom is -0.508 e. The van der Waals surface area contributed by atoms with Crippen molar-refractivity contribution < 1.29 is 24.5 Å². The molecule has 0 aliphatic rings.